The molecule has 5 heteroatoms. The summed E-state index contributed by atoms with van der Waals surface area (Å²) in [5.41, 5.74) is 0.493. The Morgan fingerprint density at radius 2 is 1.73 bits per heavy atom. The molecule has 0 saturated carbocycles. The van der Waals surface area contributed by atoms with Gasteiger partial charge < -0.3 is 5.11 Å². The molecule has 0 aromatic heterocycles. The number of halogens is 2. The summed E-state index contributed by atoms with van der Waals surface area (Å²) < 4.78 is 14.5. The number of alkyl halides is 1. The molecule has 1 unspecified atom stereocenters. The van der Waals surface area contributed by atoms with Crippen LogP contribution in [0.4, 0.5) is 4.39 Å². The van der Waals surface area contributed by atoms with Crippen LogP contribution in [0.25, 0.3) is 0 Å². The van der Waals surface area contributed by atoms with Crippen LogP contribution >= 0.6 is 11.6 Å². The highest BCUT2D eigenvalue weighted by Crippen LogP contribution is 2.34. The Kier molecular flexibility index (Phi) is 6.07. The van der Waals surface area contributed by atoms with Gasteiger partial charge in [0, 0.05) is 30.1 Å². The zero-order valence-electron chi connectivity index (χ0n) is 14.6. The quantitative estimate of drug-likeness (QED) is 0.593. The molecule has 1 heterocycles. The summed E-state index contributed by atoms with van der Waals surface area (Å²) in [5, 5.41) is 11.5. The Morgan fingerprint density at radius 3 is 2.35 bits per heavy atom. The molecule has 1 saturated heterocycles. The fourth-order valence-corrected chi connectivity index (χ4v) is 3.55. The summed E-state index contributed by atoms with van der Waals surface area (Å²) in [4.78, 5) is 13.8. The van der Waals surface area contributed by atoms with E-state index in [2.05, 4.69) is 0 Å². The van der Waals surface area contributed by atoms with E-state index in [1.165, 1.54) is 0 Å². The Hall–Kier alpha value is -1.75. The van der Waals surface area contributed by atoms with Gasteiger partial charge in [0.1, 0.15) is 0 Å². The molecule has 0 aliphatic carbocycles. The lowest BCUT2D eigenvalue weighted by molar-refractivity contribution is -0.0556. The van der Waals surface area contributed by atoms with Crippen molar-refractivity contribution in [2.75, 3.05) is 13.1 Å². The van der Waals surface area contributed by atoms with Gasteiger partial charge in [-0.15, -0.1) is 0 Å². The van der Waals surface area contributed by atoms with Crippen LogP contribution in [0.3, 0.4) is 0 Å². The minimum atomic E-state index is -1.17. The Labute approximate surface area is 158 Å². The number of piperidine rings is 1. The fourth-order valence-electron chi connectivity index (χ4n) is 3.42. The molecule has 138 valence electrons. The predicted molar refractivity (Wildman–Crippen MR) is 101 cm³/mol. The van der Waals surface area contributed by atoms with Crippen molar-refractivity contribution in [3.63, 3.8) is 0 Å². The van der Waals surface area contributed by atoms with Crippen LogP contribution in [-0.4, -0.2) is 35.2 Å². The van der Waals surface area contributed by atoms with Gasteiger partial charge in [-0.25, -0.2) is 4.39 Å². The molecule has 1 fully saturated rings. The third kappa shape index (κ3) is 4.50. The summed E-state index contributed by atoms with van der Waals surface area (Å²) in [5.74, 6) is -0.0390. The van der Waals surface area contributed by atoms with Gasteiger partial charge in [0.05, 0.1) is 5.60 Å². The summed E-state index contributed by atoms with van der Waals surface area (Å²) in [6.07, 6.45) is 0.108. The second-order valence-corrected chi connectivity index (χ2v) is 7.27. The number of benzene rings is 2. The summed E-state index contributed by atoms with van der Waals surface area (Å²) in [6, 6.07) is 16.1. The van der Waals surface area contributed by atoms with Crippen LogP contribution in [0.15, 0.2) is 54.6 Å². The highest BCUT2D eigenvalue weighted by atomic mass is 35.5. The van der Waals surface area contributed by atoms with E-state index in [1.807, 2.05) is 30.3 Å². The van der Waals surface area contributed by atoms with E-state index >= 15 is 0 Å². The van der Waals surface area contributed by atoms with Crippen molar-refractivity contribution in [2.24, 2.45) is 0 Å². The lowest BCUT2D eigenvalue weighted by Crippen LogP contribution is -2.45. The maximum Gasteiger partial charge on any atom is 0.163 e. The van der Waals surface area contributed by atoms with Crippen LogP contribution in [-0.2, 0) is 5.60 Å². The van der Waals surface area contributed by atoms with Gasteiger partial charge in [0.25, 0.3) is 0 Å². The van der Waals surface area contributed by atoms with Crippen molar-refractivity contribution < 1.29 is 14.3 Å². The lowest BCUT2D eigenvalue weighted by Gasteiger charge is -2.39. The van der Waals surface area contributed by atoms with E-state index in [0.717, 1.165) is 5.56 Å². The minimum absolute atomic E-state index is 0.0390. The molecule has 3 rings (SSSR count). The first-order chi connectivity index (χ1) is 12.5. The van der Waals surface area contributed by atoms with E-state index < -0.39 is 11.9 Å². The van der Waals surface area contributed by atoms with Crippen LogP contribution < -0.4 is 0 Å². The van der Waals surface area contributed by atoms with Crippen molar-refractivity contribution in [3.8, 4) is 0 Å². The number of ketones is 1. The molecule has 26 heavy (non-hydrogen) atoms. The topological polar surface area (TPSA) is 40.5 Å². The van der Waals surface area contributed by atoms with E-state index in [1.54, 1.807) is 29.2 Å². The molecule has 1 N–H and O–H groups in total. The Balaban J connectivity index is 1.51. The number of hydrogen-bond acceptors (Lipinski definition) is 3. The van der Waals surface area contributed by atoms with Crippen molar-refractivity contribution in [3.05, 3.63) is 70.7 Å². The van der Waals surface area contributed by atoms with Gasteiger partial charge in [0.2, 0.25) is 0 Å². The van der Waals surface area contributed by atoms with E-state index in [4.69, 9.17) is 11.6 Å². The van der Waals surface area contributed by atoms with E-state index in [-0.39, 0.29) is 18.6 Å². The predicted octanol–water partition coefficient (Wildman–Crippen LogP) is 4.58. The van der Waals surface area contributed by atoms with Gasteiger partial charge >= 0.3 is 0 Å². The number of carbonyl (C=O) groups excluding carboxylic acids is 1. The number of hydrogen-bond donors (Lipinski definition) is 1. The number of rotatable bonds is 6. The third-order valence-corrected chi connectivity index (χ3v) is 5.36. The largest absolute Gasteiger partial charge is 0.385 e. The van der Waals surface area contributed by atoms with E-state index in [0.29, 0.717) is 36.5 Å². The van der Waals surface area contributed by atoms with Crippen LogP contribution in [0, 0.1) is 0 Å². The van der Waals surface area contributed by atoms with Crippen LogP contribution in [0.5, 0.6) is 0 Å². The third-order valence-electron chi connectivity index (χ3n) is 5.11. The molecule has 1 aliphatic heterocycles. The average molecular weight is 376 g/mol. The number of Topliss-reactive ketones (excluding diaryl/α,β-unsaturated/α-hetero) is 1. The minimum Gasteiger partial charge on any atom is -0.385 e. The highest BCUT2D eigenvalue weighted by Gasteiger charge is 2.36. The monoisotopic (exact) mass is 375 g/mol. The molecule has 0 radical (unpaired) electrons. The van der Waals surface area contributed by atoms with Crippen molar-refractivity contribution in [1.29, 1.82) is 0 Å². The molecule has 2 aromatic carbocycles. The van der Waals surface area contributed by atoms with Crippen molar-refractivity contribution >= 4 is 17.4 Å². The Bertz CT molecular complexity index is 727. The molecular weight excluding hydrogens is 353 g/mol. The molecule has 1 aliphatic rings. The van der Waals surface area contributed by atoms with Crippen LogP contribution in [0.2, 0.25) is 5.02 Å². The summed E-state index contributed by atoms with van der Waals surface area (Å²) in [7, 11) is 0. The average Bonchev–Trinajstić information content (AvgIpc) is 2.67. The molecular formula is C21H23ClFNO2. The lowest BCUT2D eigenvalue weighted by atomic mass is 9.84. The van der Waals surface area contributed by atoms with Crippen LogP contribution in [0.1, 0.15) is 41.6 Å². The highest BCUT2D eigenvalue weighted by molar-refractivity contribution is 6.30. The van der Waals surface area contributed by atoms with Gasteiger partial charge in [0.15, 0.2) is 12.1 Å². The maximum atomic E-state index is 14.5. The first-order valence-electron chi connectivity index (χ1n) is 8.93. The number of aliphatic hydroxyl groups is 1. The molecule has 0 spiro atoms. The molecule has 0 amide bonds. The van der Waals surface area contributed by atoms with Crippen molar-refractivity contribution in [1.82, 2.24) is 4.90 Å². The molecule has 1 atom stereocenters. The fraction of sp³-hybridized carbons (Fsp3) is 0.381. The smallest absolute Gasteiger partial charge is 0.163 e. The van der Waals surface area contributed by atoms with Gasteiger partial charge in [-0.3, -0.25) is 9.69 Å². The van der Waals surface area contributed by atoms with Crippen molar-refractivity contribution in [2.45, 2.75) is 37.6 Å². The number of likely N-dealkylation sites (tertiary alicyclic amines) is 1. The first kappa shape index (κ1) is 19.0. The molecule has 3 nitrogen and oxygen atoms in total. The molecule has 2 aromatic rings. The van der Waals surface area contributed by atoms with Gasteiger partial charge in [-0.05, 0) is 37.0 Å². The number of nitrogens with zero attached hydrogens (tertiary/aromatic N) is 1. The first-order valence-corrected chi connectivity index (χ1v) is 9.30. The SMILES string of the molecule is O=C(CCC(F)N1CCC(O)(c2ccc(Cl)cc2)CC1)c1ccccc1. The number of carbonyl (C=O) groups is 1. The normalized spacial score (nSPS) is 18.4. The van der Waals surface area contributed by atoms with E-state index in [9.17, 15) is 14.3 Å². The second kappa shape index (κ2) is 8.30. The standard InChI is InChI=1S/C21H23ClFNO2/c22-18-8-6-17(7-9-18)21(26)12-14-24(15-13-21)20(23)11-10-19(25)16-4-2-1-3-5-16/h1-9,20,26H,10-15H2. The van der Waals surface area contributed by atoms with Gasteiger partial charge in [-0.2, -0.15) is 0 Å². The Morgan fingerprint density at radius 1 is 1.12 bits per heavy atom. The summed E-state index contributed by atoms with van der Waals surface area (Å²) >= 11 is 5.90. The summed E-state index contributed by atoms with van der Waals surface area (Å²) in [6.45, 7) is 0.916. The van der Waals surface area contributed by atoms with Gasteiger partial charge in [-0.1, -0.05) is 54.1 Å². The maximum absolute atomic E-state index is 14.5. The zero-order chi connectivity index (χ0) is 18.6. The molecule has 0 bridgehead atoms. The zero-order valence-corrected chi connectivity index (χ0v) is 15.3. The second-order valence-electron chi connectivity index (χ2n) is 6.84.